The van der Waals surface area contributed by atoms with Gasteiger partial charge in [0, 0.05) is 38.5 Å². The fourth-order valence-corrected chi connectivity index (χ4v) is 3.59. The van der Waals surface area contributed by atoms with Gasteiger partial charge in [-0.3, -0.25) is 4.79 Å². The highest BCUT2D eigenvalue weighted by atomic mass is 35.5. The summed E-state index contributed by atoms with van der Waals surface area (Å²) in [5.74, 6) is 0.0206. The second kappa shape index (κ2) is 6.03. The van der Waals surface area contributed by atoms with Crippen LogP contribution < -0.4 is 9.80 Å². The van der Waals surface area contributed by atoms with Crippen molar-refractivity contribution in [3.05, 3.63) is 40.4 Å². The summed E-state index contributed by atoms with van der Waals surface area (Å²) < 4.78 is 0. The van der Waals surface area contributed by atoms with E-state index in [1.165, 1.54) is 11.3 Å². The van der Waals surface area contributed by atoms with Gasteiger partial charge in [-0.15, -0.1) is 11.3 Å². The largest absolute Gasteiger partial charge is 0.367 e. The fraction of sp³-hybridized carbons (Fsp3) is 0.333. The molecular weight excluding hydrogens is 306 g/mol. The van der Waals surface area contributed by atoms with E-state index in [-0.39, 0.29) is 5.78 Å². The molecule has 0 N–H and O–H groups in total. The minimum Gasteiger partial charge on any atom is -0.367 e. The number of ketones is 1. The summed E-state index contributed by atoms with van der Waals surface area (Å²) in [6.45, 7) is 5.12. The number of halogens is 1. The van der Waals surface area contributed by atoms with E-state index in [0.717, 1.165) is 42.0 Å². The smallest absolute Gasteiger partial charge is 0.186 e. The fourth-order valence-electron chi connectivity index (χ4n) is 2.42. The van der Waals surface area contributed by atoms with Gasteiger partial charge in [-0.2, -0.15) is 0 Å². The molecule has 21 heavy (non-hydrogen) atoms. The maximum atomic E-state index is 11.3. The van der Waals surface area contributed by atoms with E-state index in [1.54, 1.807) is 6.92 Å². The minimum atomic E-state index is 0.0206. The first kappa shape index (κ1) is 14.4. The van der Waals surface area contributed by atoms with Gasteiger partial charge in [0.25, 0.3) is 0 Å². The van der Waals surface area contributed by atoms with Gasteiger partial charge in [0.05, 0.1) is 10.7 Å². The van der Waals surface area contributed by atoms with E-state index < -0.39 is 0 Å². The van der Waals surface area contributed by atoms with Gasteiger partial charge < -0.3 is 9.80 Å². The zero-order valence-corrected chi connectivity index (χ0v) is 13.3. The third-order valence-electron chi connectivity index (χ3n) is 3.60. The molecule has 3 rings (SSSR count). The Morgan fingerprint density at radius 2 is 1.86 bits per heavy atom. The van der Waals surface area contributed by atoms with Gasteiger partial charge in [-0.05, 0) is 12.1 Å². The topological polar surface area (TPSA) is 36.4 Å². The van der Waals surface area contributed by atoms with Gasteiger partial charge in [-0.25, -0.2) is 4.98 Å². The number of Topliss-reactive ketones (excluding diaryl/α,β-unsaturated/α-hetero) is 1. The maximum Gasteiger partial charge on any atom is 0.186 e. The van der Waals surface area contributed by atoms with Crippen molar-refractivity contribution in [3.63, 3.8) is 0 Å². The predicted molar refractivity (Wildman–Crippen MR) is 88.0 cm³/mol. The second-order valence-corrected chi connectivity index (χ2v) is 6.24. The Balaban J connectivity index is 1.67. The van der Waals surface area contributed by atoms with Crippen molar-refractivity contribution in [2.24, 2.45) is 0 Å². The summed E-state index contributed by atoms with van der Waals surface area (Å²) in [7, 11) is 0. The molecule has 0 saturated carbocycles. The zero-order chi connectivity index (χ0) is 14.8. The van der Waals surface area contributed by atoms with Crippen molar-refractivity contribution in [1.29, 1.82) is 0 Å². The van der Waals surface area contributed by atoms with Crippen LogP contribution in [0.3, 0.4) is 0 Å². The van der Waals surface area contributed by atoms with Crippen LogP contribution in [0.25, 0.3) is 0 Å². The summed E-state index contributed by atoms with van der Waals surface area (Å²) >= 11 is 7.78. The van der Waals surface area contributed by atoms with Gasteiger partial charge in [0.15, 0.2) is 10.9 Å². The predicted octanol–water partition coefficient (Wildman–Crippen LogP) is 3.33. The van der Waals surface area contributed by atoms with E-state index in [9.17, 15) is 4.79 Å². The van der Waals surface area contributed by atoms with Crippen LogP contribution in [0.2, 0.25) is 5.02 Å². The number of anilines is 2. The number of para-hydroxylation sites is 1. The molecule has 0 atom stereocenters. The van der Waals surface area contributed by atoms with Gasteiger partial charge in [0.2, 0.25) is 0 Å². The molecule has 0 radical (unpaired) electrons. The zero-order valence-electron chi connectivity index (χ0n) is 11.8. The SMILES string of the molecule is CC(=O)c1csc(N2CCN(c3ccccc3Cl)CC2)n1. The summed E-state index contributed by atoms with van der Waals surface area (Å²) in [5.41, 5.74) is 1.64. The van der Waals surface area contributed by atoms with E-state index in [4.69, 9.17) is 11.6 Å². The molecule has 0 aliphatic carbocycles. The Labute approximate surface area is 133 Å². The number of benzene rings is 1. The number of aromatic nitrogens is 1. The maximum absolute atomic E-state index is 11.3. The Morgan fingerprint density at radius 3 is 2.48 bits per heavy atom. The third-order valence-corrected chi connectivity index (χ3v) is 4.82. The summed E-state index contributed by atoms with van der Waals surface area (Å²) in [4.78, 5) is 20.2. The molecule has 1 aromatic heterocycles. The van der Waals surface area contributed by atoms with Crippen molar-refractivity contribution in [1.82, 2.24) is 4.98 Å². The van der Waals surface area contributed by atoms with Crippen LogP contribution in [0.4, 0.5) is 10.8 Å². The number of rotatable bonds is 3. The van der Waals surface area contributed by atoms with E-state index in [0.29, 0.717) is 5.69 Å². The first-order chi connectivity index (χ1) is 10.1. The number of nitrogens with zero attached hydrogens (tertiary/aromatic N) is 3. The van der Waals surface area contributed by atoms with Crippen molar-refractivity contribution in [2.75, 3.05) is 36.0 Å². The van der Waals surface area contributed by atoms with Crippen molar-refractivity contribution in [3.8, 4) is 0 Å². The number of carbonyl (C=O) groups excluding carboxylic acids is 1. The molecule has 2 aromatic rings. The Hall–Kier alpha value is -1.59. The summed E-state index contributed by atoms with van der Waals surface area (Å²) in [6.07, 6.45) is 0. The van der Waals surface area contributed by atoms with Crippen LogP contribution in [-0.4, -0.2) is 36.9 Å². The minimum absolute atomic E-state index is 0.0206. The lowest BCUT2D eigenvalue weighted by Crippen LogP contribution is -2.46. The molecule has 1 aliphatic heterocycles. The molecule has 0 unspecified atom stereocenters. The van der Waals surface area contributed by atoms with Crippen LogP contribution in [0, 0.1) is 0 Å². The lowest BCUT2D eigenvalue weighted by Gasteiger charge is -2.36. The number of carbonyl (C=O) groups is 1. The molecule has 6 heteroatoms. The second-order valence-electron chi connectivity index (χ2n) is 5.00. The Kier molecular flexibility index (Phi) is 4.12. The van der Waals surface area contributed by atoms with Gasteiger partial charge >= 0.3 is 0 Å². The molecule has 0 spiro atoms. The molecule has 110 valence electrons. The molecule has 1 saturated heterocycles. The van der Waals surface area contributed by atoms with Crippen molar-refractivity contribution in [2.45, 2.75) is 6.92 Å². The average molecular weight is 322 g/mol. The summed E-state index contributed by atoms with van der Waals surface area (Å²) in [5, 5.41) is 3.55. The normalized spacial score (nSPS) is 15.3. The average Bonchev–Trinajstić information content (AvgIpc) is 2.98. The van der Waals surface area contributed by atoms with Crippen LogP contribution in [-0.2, 0) is 0 Å². The highest BCUT2D eigenvalue weighted by molar-refractivity contribution is 7.13. The number of hydrogen-bond donors (Lipinski definition) is 0. The molecule has 0 bridgehead atoms. The Morgan fingerprint density at radius 1 is 1.19 bits per heavy atom. The van der Waals surface area contributed by atoms with E-state index in [2.05, 4.69) is 20.9 Å². The monoisotopic (exact) mass is 321 g/mol. The molecule has 1 fully saturated rings. The van der Waals surface area contributed by atoms with Crippen molar-refractivity contribution < 1.29 is 4.79 Å². The lowest BCUT2D eigenvalue weighted by molar-refractivity contribution is 0.101. The quantitative estimate of drug-likeness (QED) is 0.813. The molecule has 1 aromatic carbocycles. The molecule has 4 nitrogen and oxygen atoms in total. The van der Waals surface area contributed by atoms with E-state index in [1.807, 2.05) is 23.6 Å². The number of thiazole rings is 1. The molecular formula is C15H16ClN3OS. The van der Waals surface area contributed by atoms with Gasteiger partial charge in [0.1, 0.15) is 5.69 Å². The first-order valence-corrected chi connectivity index (χ1v) is 8.12. The summed E-state index contributed by atoms with van der Waals surface area (Å²) in [6, 6.07) is 7.92. The van der Waals surface area contributed by atoms with Crippen LogP contribution in [0.1, 0.15) is 17.4 Å². The van der Waals surface area contributed by atoms with Crippen LogP contribution >= 0.6 is 22.9 Å². The van der Waals surface area contributed by atoms with Gasteiger partial charge in [-0.1, -0.05) is 23.7 Å². The van der Waals surface area contributed by atoms with E-state index >= 15 is 0 Å². The van der Waals surface area contributed by atoms with Crippen molar-refractivity contribution >= 4 is 39.5 Å². The lowest BCUT2D eigenvalue weighted by atomic mass is 10.2. The molecule has 2 heterocycles. The third kappa shape index (κ3) is 3.04. The molecule has 1 aliphatic rings. The first-order valence-electron chi connectivity index (χ1n) is 6.86. The highest BCUT2D eigenvalue weighted by Crippen LogP contribution is 2.28. The van der Waals surface area contributed by atoms with Crippen LogP contribution in [0.15, 0.2) is 29.6 Å². The Bertz CT molecular complexity index is 650. The van der Waals surface area contributed by atoms with Crippen LogP contribution in [0.5, 0.6) is 0 Å². The number of hydrogen-bond acceptors (Lipinski definition) is 5. The highest BCUT2D eigenvalue weighted by Gasteiger charge is 2.21. The number of piperazine rings is 1. The standard InChI is InChI=1S/C15H16ClN3OS/c1-11(20)13-10-21-15(17-13)19-8-6-18(7-9-19)14-5-3-2-4-12(14)16/h2-5,10H,6-9H2,1H3. The molecule has 0 amide bonds.